The van der Waals surface area contributed by atoms with Gasteiger partial charge in [-0.15, -0.1) is 0 Å². The van der Waals surface area contributed by atoms with Gasteiger partial charge in [-0.1, -0.05) is 19.3 Å². The summed E-state index contributed by atoms with van der Waals surface area (Å²) < 4.78 is 0.530. The number of aliphatic hydroxyl groups excluding tert-OH is 1. The first-order chi connectivity index (χ1) is 7.78. The van der Waals surface area contributed by atoms with Crippen LogP contribution in [0.2, 0.25) is 0 Å². The summed E-state index contributed by atoms with van der Waals surface area (Å²) in [5.41, 5.74) is 0. The van der Waals surface area contributed by atoms with Gasteiger partial charge in [0, 0.05) is 24.4 Å². The average Bonchev–Trinajstić information content (AvgIpc) is 2.78. The van der Waals surface area contributed by atoms with E-state index in [9.17, 15) is 5.11 Å². The highest BCUT2D eigenvalue weighted by atomic mass is 32.2. The zero-order chi connectivity index (χ0) is 11.4. The Labute approximate surface area is 104 Å². The van der Waals surface area contributed by atoms with E-state index in [1.54, 1.807) is 0 Å². The molecule has 1 atom stereocenters. The van der Waals surface area contributed by atoms with Crippen LogP contribution in [0, 0.1) is 5.92 Å². The van der Waals surface area contributed by atoms with Crippen LogP contribution in [0.4, 0.5) is 0 Å². The van der Waals surface area contributed by atoms with Crippen molar-refractivity contribution in [3.8, 4) is 0 Å². The molecule has 0 spiro atoms. The lowest BCUT2D eigenvalue weighted by atomic mass is 9.88. The Morgan fingerprint density at radius 3 is 2.62 bits per heavy atom. The van der Waals surface area contributed by atoms with E-state index in [1.807, 2.05) is 0 Å². The Bertz CT molecular complexity index is 216. The van der Waals surface area contributed by atoms with Gasteiger partial charge in [0.1, 0.15) is 0 Å². The van der Waals surface area contributed by atoms with Crippen molar-refractivity contribution in [2.75, 3.05) is 32.5 Å². The van der Waals surface area contributed by atoms with Crippen LogP contribution in [-0.2, 0) is 0 Å². The van der Waals surface area contributed by atoms with Crippen molar-refractivity contribution in [2.45, 2.75) is 43.3 Å². The quantitative estimate of drug-likeness (QED) is 0.820. The number of hydrogen-bond acceptors (Lipinski definition) is 3. The van der Waals surface area contributed by atoms with Gasteiger partial charge in [-0.2, -0.15) is 11.8 Å². The SMILES string of the molecule is CSC1(CN2CCC(CO)C2)CCCCC1. The van der Waals surface area contributed by atoms with Crippen molar-refractivity contribution in [2.24, 2.45) is 5.92 Å². The third-order valence-corrected chi connectivity index (χ3v) is 5.74. The molecule has 1 aliphatic carbocycles. The molecule has 3 heteroatoms. The van der Waals surface area contributed by atoms with Gasteiger partial charge < -0.3 is 10.0 Å². The molecule has 1 aliphatic heterocycles. The number of nitrogens with zero attached hydrogens (tertiary/aromatic N) is 1. The van der Waals surface area contributed by atoms with Crippen molar-refractivity contribution in [1.82, 2.24) is 4.90 Å². The highest BCUT2D eigenvalue weighted by molar-refractivity contribution is 8.00. The summed E-state index contributed by atoms with van der Waals surface area (Å²) in [4.78, 5) is 2.59. The molecule has 0 radical (unpaired) electrons. The normalized spacial score (nSPS) is 30.8. The predicted molar refractivity (Wildman–Crippen MR) is 71.0 cm³/mol. The minimum absolute atomic E-state index is 0.378. The first-order valence-corrected chi connectivity index (χ1v) is 7.89. The fourth-order valence-corrected chi connectivity index (χ4v) is 4.24. The molecule has 1 saturated carbocycles. The first kappa shape index (κ1) is 12.7. The van der Waals surface area contributed by atoms with Gasteiger partial charge >= 0.3 is 0 Å². The van der Waals surface area contributed by atoms with Gasteiger partial charge in [0.05, 0.1) is 0 Å². The number of likely N-dealkylation sites (tertiary alicyclic amines) is 1. The molecule has 2 nitrogen and oxygen atoms in total. The van der Waals surface area contributed by atoms with Crippen molar-refractivity contribution in [3.63, 3.8) is 0 Å². The van der Waals surface area contributed by atoms with Crippen LogP contribution in [0.25, 0.3) is 0 Å². The average molecular weight is 243 g/mol. The summed E-state index contributed by atoms with van der Waals surface area (Å²) in [6, 6.07) is 0. The van der Waals surface area contributed by atoms with Crippen LogP contribution in [-0.4, -0.2) is 47.3 Å². The summed E-state index contributed by atoms with van der Waals surface area (Å²) in [6.45, 7) is 3.96. The lowest BCUT2D eigenvalue weighted by molar-refractivity contribution is 0.209. The van der Waals surface area contributed by atoms with E-state index in [0.717, 1.165) is 6.54 Å². The summed E-state index contributed by atoms with van der Waals surface area (Å²) in [5.74, 6) is 0.544. The van der Waals surface area contributed by atoms with Crippen LogP contribution in [0.1, 0.15) is 38.5 Å². The van der Waals surface area contributed by atoms with Gasteiger partial charge in [-0.3, -0.25) is 0 Å². The summed E-state index contributed by atoms with van der Waals surface area (Å²) in [5, 5.41) is 9.18. The maximum atomic E-state index is 9.18. The molecule has 1 unspecified atom stereocenters. The molecule has 94 valence electrons. The highest BCUT2D eigenvalue weighted by Gasteiger charge is 2.35. The third kappa shape index (κ3) is 2.93. The number of thioether (sulfide) groups is 1. The van der Waals surface area contributed by atoms with E-state index in [1.165, 1.54) is 51.6 Å². The lowest BCUT2D eigenvalue weighted by Gasteiger charge is -2.39. The van der Waals surface area contributed by atoms with Crippen LogP contribution in [0.3, 0.4) is 0 Å². The zero-order valence-electron chi connectivity index (χ0n) is 10.5. The van der Waals surface area contributed by atoms with Gasteiger partial charge in [0.25, 0.3) is 0 Å². The minimum Gasteiger partial charge on any atom is -0.396 e. The van der Waals surface area contributed by atoms with Crippen molar-refractivity contribution in [3.05, 3.63) is 0 Å². The molecule has 2 rings (SSSR count). The van der Waals surface area contributed by atoms with Crippen LogP contribution >= 0.6 is 11.8 Å². The van der Waals surface area contributed by atoms with Gasteiger partial charge in [0.2, 0.25) is 0 Å². The summed E-state index contributed by atoms with van der Waals surface area (Å²) in [6.07, 6.45) is 10.5. The largest absolute Gasteiger partial charge is 0.396 e. The molecule has 0 aromatic carbocycles. The summed E-state index contributed by atoms with van der Waals surface area (Å²) in [7, 11) is 0. The van der Waals surface area contributed by atoms with Gasteiger partial charge in [0.15, 0.2) is 0 Å². The molecular weight excluding hydrogens is 218 g/mol. The standard InChI is InChI=1S/C13H25NOS/c1-16-13(6-3-2-4-7-13)11-14-8-5-12(9-14)10-15/h12,15H,2-11H2,1H3. The van der Waals surface area contributed by atoms with E-state index in [4.69, 9.17) is 0 Å². The second kappa shape index (κ2) is 5.74. The molecule has 0 amide bonds. The maximum Gasteiger partial charge on any atom is 0.0471 e. The molecule has 1 N–H and O–H groups in total. The third-order valence-electron chi connectivity index (χ3n) is 4.34. The molecule has 2 aliphatic rings. The number of hydrogen-bond donors (Lipinski definition) is 1. The Morgan fingerprint density at radius 2 is 2.06 bits per heavy atom. The molecule has 2 fully saturated rings. The van der Waals surface area contributed by atoms with Crippen molar-refractivity contribution < 1.29 is 5.11 Å². The molecule has 1 saturated heterocycles. The van der Waals surface area contributed by atoms with E-state index < -0.39 is 0 Å². The Balaban J connectivity index is 1.86. The topological polar surface area (TPSA) is 23.5 Å². The fourth-order valence-electron chi connectivity index (χ4n) is 3.24. The van der Waals surface area contributed by atoms with E-state index in [2.05, 4.69) is 22.9 Å². The molecular formula is C13H25NOS. The number of aliphatic hydroxyl groups is 1. The lowest BCUT2D eigenvalue weighted by Crippen LogP contribution is -2.41. The van der Waals surface area contributed by atoms with E-state index >= 15 is 0 Å². The molecule has 0 bridgehead atoms. The minimum atomic E-state index is 0.378. The molecule has 0 aromatic heterocycles. The van der Waals surface area contributed by atoms with Crippen LogP contribution in [0.15, 0.2) is 0 Å². The fraction of sp³-hybridized carbons (Fsp3) is 1.00. The molecule has 1 heterocycles. The van der Waals surface area contributed by atoms with Gasteiger partial charge in [-0.05, 0) is 38.0 Å². The van der Waals surface area contributed by atoms with Crippen LogP contribution in [0.5, 0.6) is 0 Å². The Hall–Kier alpha value is 0.270. The Morgan fingerprint density at radius 1 is 1.31 bits per heavy atom. The van der Waals surface area contributed by atoms with Crippen molar-refractivity contribution >= 4 is 11.8 Å². The zero-order valence-corrected chi connectivity index (χ0v) is 11.3. The highest BCUT2D eigenvalue weighted by Crippen LogP contribution is 2.39. The van der Waals surface area contributed by atoms with E-state index in [0.29, 0.717) is 17.3 Å². The Kier molecular flexibility index (Phi) is 4.57. The summed E-state index contributed by atoms with van der Waals surface area (Å²) >= 11 is 2.08. The second-order valence-corrected chi connectivity index (χ2v) is 6.79. The maximum absolute atomic E-state index is 9.18. The van der Waals surface area contributed by atoms with Crippen LogP contribution < -0.4 is 0 Å². The van der Waals surface area contributed by atoms with E-state index in [-0.39, 0.29) is 0 Å². The number of rotatable bonds is 4. The smallest absolute Gasteiger partial charge is 0.0471 e. The van der Waals surface area contributed by atoms with Crippen molar-refractivity contribution in [1.29, 1.82) is 0 Å². The first-order valence-electron chi connectivity index (χ1n) is 6.66. The second-order valence-electron chi connectivity index (χ2n) is 5.52. The van der Waals surface area contributed by atoms with Gasteiger partial charge in [-0.25, -0.2) is 0 Å². The molecule has 0 aromatic rings. The molecule has 16 heavy (non-hydrogen) atoms. The monoisotopic (exact) mass is 243 g/mol. The predicted octanol–water partition coefficient (Wildman–Crippen LogP) is 2.37.